The molecule has 0 unspecified atom stereocenters. The van der Waals surface area contributed by atoms with E-state index in [0.717, 1.165) is 56.6 Å². The zero-order valence-corrected chi connectivity index (χ0v) is 23.0. The maximum atomic E-state index is 14.1. The van der Waals surface area contributed by atoms with Crippen molar-refractivity contribution < 1.29 is 9.59 Å². The van der Waals surface area contributed by atoms with E-state index in [1.807, 2.05) is 61.5 Å². The Balaban J connectivity index is 1.76. The van der Waals surface area contributed by atoms with Gasteiger partial charge in [-0.15, -0.1) is 0 Å². The van der Waals surface area contributed by atoms with Gasteiger partial charge in [-0.05, 0) is 88.4 Å². The summed E-state index contributed by atoms with van der Waals surface area (Å²) in [6, 6.07) is 19.8. The zero-order chi connectivity index (χ0) is 25.6. The van der Waals surface area contributed by atoms with Crippen molar-refractivity contribution in [2.24, 2.45) is 4.99 Å². The third kappa shape index (κ3) is 4.00. The average molecular weight is 561 g/mol. The number of rotatable bonds is 4. The third-order valence-electron chi connectivity index (χ3n) is 6.54. The first kappa shape index (κ1) is 24.5. The largest absolute Gasteiger partial charge is 0.310 e. The maximum absolute atomic E-state index is 14.1. The number of benzene rings is 3. The summed E-state index contributed by atoms with van der Waals surface area (Å²) in [5.41, 5.74) is 6.76. The highest BCUT2D eigenvalue weighted by Gasteiger charge is 2.43. The van der Waals surface area contributed by atoms with Crippen LogP contribution in [0.2, 0.25) is 0 Å². The molecule has 0 bridgehead atoms. The Hall–Kier alpha value is -3.16. The van der Waals surface area contributed by atoms with Gasteiger partial charge >= 0.3 is 0 Å². The van der Waals surface area contributed by atoms with E-state index in [1.165, 1.54) is 11.8 Å². The Morgan fingerprint density at radius 2 is 1.58 bits per heavy atom. The van der Waals surface area contributed by atoms with Gasteiger partial charge in [0.2, 0.25) is 0 Å². The number of aliphatic imine (C=N–C) groups is 1. The fourth-order valence-corrected chi connectivity index (χ4v) is 6.65. The van der Waals surface area contributed by atoms with Crippen LogP contribution in [-0.4, -0.2) is 24.0 Å². The number of para-hydroxylation sites is 2. The minimum atomic E-state index is -0.226. The lowest BCUT2D eigenvalue weighted by Crippen LogP contribution is -2.30. The van der Waals surface area contributed by atoms with Crippen LogP contribution in [0.15, 0.2) is 75.0 Å². The van der Waals surface area contributed by atoms with E-state index in [4.69, 9.17) is 4.99 Å². The van der Waals surface area contributed by atoms with Crippen LogP contribution in [-0.2, 0) is 22.4 Å². The number of anilines is 2. The molecule has 0 spiro atoms. The molecule has 0 radical (unpaired) electrons. The lowest BCUT2D eigenvalue weighted by Gasteiger charge is -2.19. The molecule has 36 heavy (non-hydrogen) atoms. The van der Waals surface area contributed by atoms with E-state index in [9.17, 15) is 9.59 Å². The molecule has 2 heterocycles. The molecule has 3 aromatic rings. The number of halogens is 1. The molecule has 3 aromatic carbocycles. The van der Waals surface area contributed by atoms with Crippen molar-refractivity contribution in [3.8, 4) is 0 Å². The number of hydrogen-bond donors (Lipinski definition) is 0. The van der Waals surface area contributed by atoms with Gasteiger partial charge in [-0.3, -0.25) is 14.5 Å². The van der Waals surface area contributed by atoms with Gasteiger partial charge < -0.3 is 4.90 Å². The normalized spacial score (nSPS) is 18.5. The monoisotopic (exact) mass is 559 g/mol. The second-order valence-electron chi connectivity index (χ2n) is 8.81. The SMILES string of the molecule is CCc1ccccc1N=C1SC(=C2C(=O)N(C)c3c(Br)cc(C)cc32)C(=O)N1c1ccccc1CC. The number of nitrogens with zero attached hydrogens (tertiary/aromatic N) is 3. The van der Waals surface area contributed by atoms with Gasteiger partial charge in [0, 0.05) is 17.1 Å². The van der Waals surface area contributed by atoms with Crippen molar-refractivity contribution in [1.82, 2.24) is 0 Å². The van der Waals surface area contributed by atoms with E-state index in [1.54, 1.807) is 16.8 Å². The summed E-state index contributed by atoms with van der Waals surface area (Å²) in [4.78, 5) is 36.3. The first-order valence-electron chi connectivity index (χ1n) is 11.9. The predicted molar refractivity (Wildman–Crippen MR) is 153 cm³/mol. The summed E-state index contributed by atoms with van der Waals surface area (Å²) in [6.07, 6.45) is 1.60. The molecular weight excluding hydrogens is 534 g/mol. The van der Waals surface area contributed by atoms with Crippen molar-refractivity contribution >= 4 is 67.3 Å². The van der Waals surface area contributed by atoms with Crippen LogP contribution in [0.3, 0.4) is 0 Å². The first-order valence-corrected chi connectivity index (χ1v) is 13.6. The van der Waals surface area contributed by atoms with E-state index < -0.39 is 0 Å². The van der Waals surface area contributed by atoms with Crippen LogP contribution in [0, 0.1) is 6.92 Å². The van der Waals surface area contributed by atoms with Crippen molar-refractivity contribution in [2.75, 3.05) is 16.8 Å². The summed E-state index contributed by atoms with van der Waals surface area (Å²) in [6.45, 7) is 6.15. The number of likely N-dealkylation sites (N-methyl/N-ethyl adjacent to an activating group) is 1. The molecule has 5 rings (SSSR count). The number of carbonyl (C=O) groups excluding carboxylic acids is 2. The second-order valence-corrected chi connectivity index (χ2v) is 10.6. The van der Waals surface area contributed by atoms with Gasteiger partial charge in [0.15, 0.2) is 5.17 Å². The molecule has 0 N–H and O–H groups in total. The summed E-state index contributed by atoms with van der Waals surface area (Å²) in [7, 11) is 1.75. The Morgan fingerprint density at radius 1 is 0.917 bits per heavy atom. The lowest BCUT2D eigenvalue weighted by atomic mass is 10.0. The van der Waals surface area contributed by atoms with Crippen LogP contribution in [0.25, 0.3) is 5.57 Å². The van der Waals surface area contributed by atoms with Crippen LogP contribution >= 0.6 is 27.7 Å². The van der Waals surface area contributed by atoms with E-state index >= 15 is 0 Å². The Bertz CT molecular complexity index is 1480. The number of amides is 2. The minimum Gasteiger partial charge on any atom is -0.310 e. The average Bonchev–Trinajstić information content (AvgIpc) is 3.31. The van der Waals surface area contributed by atoms with Crippen molar-refractivity contribution in [1.29, 1.82) is 0 Å². The van der Waals surface area contributed by atoms with Crippen LogP contribution in [0.4, 0.5) is 17.1 Å². The van der Waals surface area contributed by atoms with Crippen LogP contribution in [0.1, 0.15) is 36.1 Å². The fourth-order valence-electron chi connectivity index (χ4n) is 4.73. The van der Waals surface area contributed by atoms with E-state index in [0.29, 0.717) is 15.6 Å². The van der Waals surface area contributed by atoms with Gasteiger partial charge in [0.1, 0.15) is 0 Å². The number of carbonyl (C=O) groups is 2. The van der Waals surface area contributed by atoms with E-state index in [2.05, 4.69) is 35.8 Å². The highest BCUT2D eigenvalue weighted by molar-refractivity contribution is 9.10. The van der Waals surface area contributed by atoms with E-state index in [-0.39, 0.29) is 11.8 Å². The lowest BCUT2D eigenvalue weighted by molar-refractivity contribution is -0.115. The predicted octanol–water partition coefficient (Wildman–Crippen LogP) is 7.04. The molecule has 0 saturated carbocycles. The van der Waals surface area contributed by atoms with Gasteiger partial charge in [-0.2, -0.15) is 0 Å². The number of aryl methyl sites for hydroxylation is 3. The van der Waals surface area contributed by atoms with Crippen LogP contribution < -0.4 is 9.80 Å². The topological polar surface area (TPSA) is 53.0 Å². The highest BCUT2D eigenvalue weighted by Crippen LogP contribution is 2.48. The number of amidine groups is 1. The van der Waals surface area contributed by atoms with Crippen molar-refractivity contribution in [2.45, 2.75) is 33.6 Å². The Morgan fingerprint density at radius 3 is 2.31 bits per heavy atom. The quantitative estimate of drug-likeness (QED) is 0.322. The zero-order valence-electron chi connectivity index (χ0n) is 20.6. The Labute approximate surface area is 224 Å². The fraction of sp³-hybridized carbons (Fsp3) is 0.207. The van der Waals surface area contributed by atoms with Crippen molar-refractivity contribution in [3.05, 3.63) is 92.3 Å². The van der Waals surface area contributed by atoms with Crippen LogP contribution in [0.5, 0.6) is 0 Å². The summed E-state index contributed by atoms with van der Waals surface area (Å²) >= 11 is 4.89. The molecule has 0 atom stereocenters. The molecule has 0 aromatic heterocycles. The summed E-state index contributed by atoms with van der Waals surface area (Å²) in [5.74, 6) is -0.415. The Kier molecular flexibility index (Phi) is 6.62. The molecule has 5 nitrogen and oxygen atoms in total. The molecule has 182 valence electrons. The van der Waals surface area contributed by atoms with Gasteiger partial charge in [0.25, 0.3) is 11.8 Å². The summed E-state index contributed by atoms with van der Waals surface area (Å²) in [5, 5.41) is 0.555. The summed E-state index contributed by atoms with van der Waals surface area (Å²) < 4.78 is 0.832. The smallest absolute Gasteiger partial charge is 0.272 e. The number of fused-ring (bicyclic) bond motifs is 1. The third-order valence-corrected chi connectivity index (χ3v) is 8.19. The molecular formula is C29H26BrN3O2S. The van der Waals surface area contributed by atoms with Gasteiger partial charge in [-0.1, -0.05) is 50.2 Å². The number of hydrogen-bond acceptors (Lipinski definition) is 4. The molecule has 1 fully saturated rings. The molecule has 2 amide bonds. The second kappa shape index (κ2) is 9.71. The van der Waals surface area contributed by atoms with Gasteiger partial charge in [0.05, 0.1) is 27.5 Å². The molecule has 0 aliphatic carbocycles. The minimum absolute atomic E-state index is 0.189. The maximum Gasteiger partial charge on any atom is 0.272 e. The first-order chi connectivity index (χ1) is 17.3. The molecule has 2 aliphatic heterocycles. The number of thioether (sulfide) groups is 1. The molecule has 7 heteroatoms. The highest BCUT2D eigenvalue weighted by atomic mass is 79.9. The molecule has 2 aliphatic rings. The molecule has 1 saturated heterocycles. The van der Waals surface area contributed by atoms with Gasteiger partial charge in [-0.25, -0.2) is 4.99 Å². The standard InChI is InChI=1S/C29H26BrN3O2S/c1-5-18-11-7-9-13-22(18)31-29-33(23-14-10-8-12-19(23)6-2)28(35)26(36-29)24-20-15-17(3)16-21(30)25(20)32(4)27(24)34/h7-16H,5-6H2,1-4H3. The van der Waals surface area contributed by atoms with Crippen molar-refractivity contribution in [3.63, 3.8) is 0 Å².